The van der Waals surface area contributed by atoms with Crippen molar-refractivity contribution in [1.29, 1.82) is 0 Å². The molecule has 4 nitrogen and oxygen atoms in total. The first-order valence-corrected chi connectivity index (χ1v) is 7.46. The predicted molar refractivity (Wildman–Crippen MR) is 85.1 cm³/mol. The minimum atomic E-state index is -0.0273. The highest BCUT2D eigenvalue weighted by atomic mass is 35.5. The van der Waals surface area contributed by atoms with Gasteiger partial charge in [0.2, 0.25) is 0 Å². The Morgan fingerprint density at radius 2 is 2.15 bits per heavy atom. The second-order valence-electron chi connectivity index (χ2n) is 5.43. The summed E-state index contributed by atoms with van der Waals surface area (Å²) in [6.45, 7) is 4.06. The van der Waals surface area contributed by atoms with Crippen LogP contribution in [0.5, 0.6) is 0 Å². The average molecular weight is 295 g/mol. The Labute approximate surface area is 125 Å². The Balaban J connectivity index is 2.36. The standard InChI is InChI=1S/C15H23ClN4/c1-4-12(17)15-18-13-10-11(16)6-7-14(13)20(15)9-5-8-19(2)3/h6-7,10,12H,4-5,8-9,17H2,1-3H3. The summed E-state index contributed by atoms with van der Waals surface area (Å²) in [5.74, 6) is 0.962. The van der Waals surface area contributed by atoms with Crippen LogP contribution in [-0.4, -0.2) is 35.1 Å². The molecule has 0 aliphatic carbocycles. The van der Waals surface area contributed by atoms with Gasteiger partial charge in [-0.15, -0.1) is 0 Å². The Morgan fingerprint density at radius 3 is 2.80 bits per heavy atom. The zero-order valence-electron chi connectivity index (χ0n) is 12.4. The molecule has 0 amide bonds. The van der Waals surface area contributed by atoms with E-state index < -0.39 is 0 Å². The molecule has 0 bridgehead atoms. The van der Waals surface area contributed by atoms with Gasteiger partial charge in [-0.05, 0) is 51.7 Å². The molecule has 1 aromatic heterocycles. The molecular formula is C15H23ClN4. The summed E-state index contributed by atoms with van der Waals surface area (Å²) in [6, 6.07) is 5.83. The number of fused-ring (bicyclic) bond motifs is 1. The van der Waals surface area contributed by atoms with E-state index in [9.17, 15) is 0 Å². The fourth-order valence-electron chi connectivity index (χ4n) is 2.37. The molecule has 1 unspecified atom stereocenters. The van der Waals surface area contributed by atoms with E-state index in [-0.39, 0.29) is 6.04 Å². The first-order chi connectivity index (χ1) is 9.52. The molecule has 0 aliphatic rings. The molecule has 0 radical (unpaired) electrons. The molecule has 20 heavy (non-hydrogen) atoms. The molecule has 1 heterocycles. The molecule has 5 heteroatoms. The van der Waals surface area contributed by atoms with Crippen LogP contribution in [-0.2, 0) is 6.54 Å². The van der Waals surface area contributed by atoms with Crippen molar-refractivity contribution in [3.8, 4) is 0 Å². The quantitative estimate of drug-likeness (QED) is 0.891. The second-order valence-corrected chi connectivity index (χ2v) is 5.86. The maximum Gasteiger partial charge on any atom is 0.126 e. The number of nitrogens with two attached hydrogens (primary N) is 1. The van der Waals surface area contributed by atoms with Crippen LogP contribution in [0.4, 0.5) is 0 Å². The van der Waals surface area contributed by atoms with Gasteiger partial charge in [-0.3, -0.25) is 0 Å². The van der Waals surface area contributed by atoms with Gasteiger partial charge in [-0.25, -0.2) is 4.98 Å². The molecule has 0 saturated carbocycles. The number of nitrogens with zero attached hydrogens (tertiary/aromatic N) is 3. The highest BCUT2D eigenvalue weighted by Gasteiger charge is 2.15. The van der Waals surface area contributed by atoms with E-state index in [2.05, 4.69) is 35.5 Å². The molecule has 2 rings (SSSR count). The van der Waals surface area contributed by atoms with Crippen LogP contribution in [0, 0.1) is 0 Å². The van der Waals surface area contributed by atoms with Gasteiger partial charge < -0.3 is 15.2 Å². The van der Waals surface area contributed by atoms with E-state index in [1.165, 1.54) is 0 Å². The zero-order valence-corrected chi connectivity index (χ0v) is 13.2. The molecule has 2 N–H and O–H groups in total. The van der Waals surface area contributed by atoms with Crippen molar-refractivity contribution >= 4 is 22.6 Å². The Bertz CT molecular complexity index is 577. The summed E-state index contributed by atoms with van der Waals surface area (Å²) in [4.78, 5) is 6.87. The molecular weight excluding hydrogens is 272 g/mol. The van der Waals surface area contributed by atoms with Crippen molar-refractivity contribution in [3.63, 3.8) is 0 Å². The molecule has 110 valence electrons. The molecule has 0 spiro atoms. The maximum absolute atomic E-state index is 6.20. The SMILES string of the molecule is CCC(N)c1nc2cc(Cl)ccc2n1CCCN(C)C. The minimum absolute atomic E-state index is 0.0273. The van der Waals surface area contributed by atoms with E-state index >= 15 is 0 Å². The van der Waals surface area contributed by atoms with Gasteiger partial charge in [0.15, 0.2) is 0 Å². The van der Waals surface area contributed by atoms with Crippen LogP contribution in [0.1, 0.15) is 31.6 Å². The van der Waals surface area contributed by atoms with E-state index in [1.807, 2.05) is 18.2 Å². The van der Waals surface area contributed by atoms with Crippen LogP contribution in [0.2, 0.25) is 5.02 Å². The Morgan fingerprint density at radius 1 is 1.40 bits per heavy atom. The largest absolute Gasteiger partial charge is 0.327 e. The van der Waals surface area contributed by atoms with E-state index in [1.54, 1.807) is 0 Å². The number of benzene rings is 1. The molecule has 2 aromatic rings. The second kappa shape index (κ2) is 6.57. The van der Waals surface area contributed by atoms with Gasteiger partial charge in [0.05, 0.1) is 17.1 Å². The maximum atomic E-state index is 6.20. The van der Waals surface area contributed by atoms with Crippen molar-refractivity contribution in [1.82, 2.24) is 14.5 Å². The van der Waals surface area contributed by atoms with Gasteiger partial charge >= 0.3 is 0 Å². The fraction of sp³-hybridized carbons (Fsp3) is 0.533. The number of rotatable bonds is 6. The number of aryl methyl sites for hydroxylation is 1. The Kier molecular flexibility index (Phi) is 5.02. The smallest absolute Gasteiger partial charge is 0.126 e. The summed E-state index contributed by atoms with van der Waals surface area (Å²) in [6.07, 6.45) is 1.95. The lowest BCUT2D eigenvalue weighted by Gasteiger charge is -2.15. The van der Waals surface area contributed by atoms with E-state index in [0.29, 0.717) is 5.02 Å². The number of imidazole rings is 1. The van der Waals surface area contributed by atoms with Crippen LogP contribution >= 0.6 is 11.6 Å². The van der Waals surface area contributed by atoms with Crippen LogP contribution in [0.15, 0.2) is 18.2 Å². The van der Waals surface area contributed by atoms with Crippen molar-refractivity contribution in [2.24, 2.45) is 5.73 Å². The molecule has 1 aromatic carbocycles. The third kappa shape index (κ3) is 3.32. The number of hydrogen-bond donors (Lipinski definition) is 1. The van der Waals surface area contributed by atoms with Gasteiger partial charge in [-0.1, -0.05) is 18.5 Å². The monoisotopic (exact) mass is 294 g/mol. The lowest BCUT2D eigenvalue weighted by Crippen LogP contribution is -2.19. The predicted octanol–water partition coefficient (Wildman–Crippen LogP) is 3.05. The minimum Gasteiger partial charge on any atom is -0.327 e. The number of aromatic nitrogens is 2. The van der Waals surface area contributed by atoms with Crippen molar-refractivity contribution in [2.75, 3.05) is 20.6 Å². The molecule has 1 atom stereocenters. The van der Waals surface area contributed by atoms with Crippen molar-refractivity contribution in [3.05, 3.63) is 29.0 Å². The Hall–Kier alpha value is -1.10. The summed E-state index contributed by atoms with van der Waals surface area (Å²) < 4.78 is 2.24. The lowest BCUT2D eigenvalue weighted by atomic mass is 10.2. The highest BCUT2D eigenvalue weighted by Crippen LogP contribution is 2.24. The fourth-order valence-corrected chi connectivity index (χ4v) is 2.53. The summed E-state index contributed by atoms with van der Waals surface area (Å²) in [5, 5.41) is 0.715. The summed E-state index contributed by atoms with van der Waals surface area (Å²) in [7, 11) is 4.18. The van der Waals surface area contributed by atoms with Crippen molar-refractivity contribution < 1.29 is 0 Å². The molecule has 0 fully saturated rings. The lowest BCUT2D eigenvalue weighted by molar-refractivity contribution is 0.384. The summed E-state index contributed by atoms with van der Waals surface area (Å²) >= 11 is 6.05. The average Bonchev–Trinajstić information content (AvgIpc) is 2.75. The molecule has 0 saturated heterocycles. The number of hydrogen-bond acceptors (Lipinski definition) is 3. The number of halogens is 1. The van der Waals surface area contributed by atoms with Gasteiger partial charge in [0.1, 0.15) is 5.82 Å². The first-order valence-electron chi connectivity index (χ1n) is 7.09. The van der Waals surface area contributed by atoms with Crippen LogP contribution in [0.3, 0.4) is 0 Å². The third-order valence-corrected chi connectivity index (χ3v) is 3.73. The first kappa shape index (κ1) is 15.3. The zero-order chi connectivity index (χ0) is 14.7. The molecule has 0 aliphatic heterocycles. The van der Waals surface area contributed by atoms with Gasteiger partial charge in [0.25, 0.3) is 0 Å². The van der Waals surface area contributed by atoms with E-state index in [0.717, 1.165) is 42.8 Å². The normalized spacial score (nSPS) is 13.3. The van der Waals surface area contributed by atoms with Gasteiger partial charge in [0, 0.05) is 11.6 Å². The van der Waals surface area contributed by atoms with E-state index in [4.69, 9.17) is 17.3 Å². The van der Waals surface area contributed by atoms with Crippen LogP contribution < -0.4 is 5.73 Å². The topological polar surface area (TPSA) is 47.1 Å². The van der Waals surface area contributed by atoms with Crippen molar-refractivity contribution in [2.45, 2.75) is 32.4 Å². The highest BCUT2D eigenvalue weighted by molar-refractivity contribution is 6.31. The third-order valence-electron chi connectivity index (χ3n) is 3.50. The van der Waals surface area contributed by atoms with Crippen LogP contribution in [0.25, 0.3) is 11.0 Å². The van der Waals surface area contributed by atoms with Gasteiger partial charge in [-0.2, -0.15) is 0 Å². The summed E-state index contributed by atoms with van der Waals surface area (Å²) in [5.41, 5.74) is 8.25.